The molecule has 0 radical (unpaired) electrons. The summed E-state index contributed by atoms with van der Waals surface area (Å²) in [5.41, 5.74) is 0. The lowest BCUT2D eigenvalue weighted by atomic mass is 10.0. The molecule has 4 aromatic carbocycles. The molecule has 0 amide bonds. The van der Waals surface area contributed by atoms with E-state index in [0.717, 1.165) is 10.8 Å². The fourth-order valence-electron chi connectivity index (χ4n) is 4.52. The predicted octanol–water partition coefficient (Wildman–Crippen LogP) is 4.65. The standard InChI is InChI=1S/C28H29NO6S2/c1-18(2)26(36(31)27-22-14-8-6-11-20(22)16-17-23(27)34-3)25(28(30)35-4)29-37(32,33)24-15-9-12-19-10-5-7-13-21(19)24/h5-18,25-26,29H,1-4H3/t25-,26+,36?/m0/s1. The fraction of sp³-hybridized carbons (Fsp3) is 0.250. The van der Waals surface area contributed by atoms with E-state index in [4.69, 9.17) is 9.47 Å². The highest BCUT2D eigenvalue weighted by molar-refractivity contribution is 7.90. The molecule has 0 saturated heterocycles. The van der Waals surface area contributed by atoms with Crippen LogP contribution in [-0.4, -0.2) is 44.1 Å². The molecule has 0 fully saturated rings. The van der Waals surface area contributed by atoms with Crippen LogP contribution in [0.15, 0.2) is 88.7 Å². The topological polar surface area (TPSA) is 98.8 Å². The van der Waals surface area contributed by atoms with Gasteiger partial charge in [0.05, 0.1) is 40.1 Å². The molecule has 1 N–H and O–H groups in total. The second-order valence-corrected chi connectivity index (χ2v) is 12.2. The summed E-state index contributed by atoms with van der Waals surface area (Å²) in [5, 5.41) is 1.84. The van der Waals surface area contributed by atoms with Crippen LogP contribution in [-0.2, 0) is 30.4 Å². The Balaban J connectivity index is 1.84. The minimum Gasteiger partial charge on any atom is -0.495 e. The summed E-state index contributed by atoms with van der Waals surface area (Å²) in [5.74, 6) is -0.804. The van der Waals surface area contributed by atoms with E-state index in [0.29, 0.717) is 21.4 Å². The van der Waals surface area contributed by atoms with Crippen molar-refractivity contribution in [2.45, 2.75) is 34.9 Å². The van der Waals surface area contributed by atoms with Crippen LogP contribution >= 0.6 is 0 Å². The zero-order chi connectivity index (χ0) is 26.7. The van der Waals surface area contributed by atoms with Gasteiger partial charge in [0, 0.05) is 10.8 Å². The summed E-state index contributed by atoms with van der Waals surface area (Å²) in [6.45, 7) is 3.59. The number of benzene rings is 4. The van der Waals surface area contributed by atoms with Crippen molar-refractivity contribution in [3.05, 3.63) is 78.9 Å². The maximum atomic E-state index is 14.3. The zero-order valence-corrected chi connectivity index (χ0v) is 22.6. The highest BCUT2D eigenvalue weighted by atomic mass is 32.2. The molecule has 194 valence electrons. The summed E-state index contributed by atoms with van der Waals surface area (Å²) in [6, 6.07) is 21.6. The maximum absolute atomic E-state index is 14.3. The molecule has 0 aromatic heterocycles. The molecule has 37 heavy (non-hydrogen) atoms. The molecule has 0 aliphatic rings. The molecular formula is C28H29NO6S2. The molecule has 4 rings (SSSR count). The van der Waals surface area contributed by atoms with Crippen molar-refractivity contribution >= 4 is 48.3 Å². The molecule has 4 aromatic rings. The number of sulfonamides is 1. The second-order valence-electron chi connectivity index (χ2n) is 8.92. The highest BCUT2D eigenvalue weighted by Gasteiger charge is 2.41. The number of nitrogens with one attached hydrogen (secondary N) is 1. The molecule has 7 nitrogen and oxygen atoms in total. The average molecular weight is 540 g/mol. The Hall–Kier alpha value is -3.27. The van der Waals surface area contributed by atoms with Gasteiger partial charge in [-0.05, 0) is 28.8 Å². The number of esters is 1. The molecule has 0 bridgehead atoms. The molecular weight excluding hydrogens is 510 g/mol. The number of fused-ring (bicyclic) bond motifs is 2. The molecule has 0 aliphatic carbocycles. The third kappa shape index (κ3) is 5.25. The Morgan fingerprint density at radius 1 is 0.838 bits per heavy atom. The first-order chi connectivity index (χ1) is 17.7. The molecule has 0 aliphatic heterocycles. The summed E-state index contributed by atoms with van der Waals surface area (Å²) in [7, 11) is -3.41. The van der Waals surface area contributed by atoms with E-state index < -0.39 is 38.1 Å². The van der Waals surface area contributed by atoms with Crippen LogP contribution in [0, 0.1) is 5.92 Å². The summed E-state index contributed by atoms with van der Waals surface area (Å²) in [6.07, 6.45) is 0. The summed E-state index contributed by atoms with van der Waals surface area (Å²) >= 11 is 0. The smallest absolute Gasteiger partial charge is 0.325 e. The van der Waals surface area contributed by atoms with Crippen LogP contribution in [0.5, 0.6) is 5.75 Å². The lowest BCUT2D eigenvalue weighted by molar-refractivity contribution is -0.142. The van der Waals surface area contributed by atoms with Gasteiger partial charge in [-0.3, -0.25) is 9.00 Å². The van der Waals surface area contributed by atoms with Gasteiger partial charge in [-0.25, -0.2) is 8.42 Å². The Morgan fingerprint density at radius 2 is 1.43 bits per heavy atom. The van der Waals surface area contributed by atoms with Crippen molar-refractivity contribution in [2.75, 3.05) is 14.2 Å². The van der Waals surface area contributed by atoms with Gasteiger partial charge in [0.1, 0.15) is 11.8 Å². The fourth-order valence-corrected chi connectivity index (χ4v) is 7.99. The first-order valence-electron chi connectivity index (χ1n) is 11.7. The normalized spacial score (nSPS) is 14.4. The van der Waals surface area contributed by atoms with E-state index >= 15 is 0 Å². The average Bonchev–Trinajstić information content (AvgIpc) is 2.90. The SMILES string of the molecule is COC(=O)[C@@H](NS(=O)(=O)c1cccc2ccccc12)[C@@H](C(C)C)S(=O)c1c(OC)ccc2ccccc12. The first-order valence-corrected chi connectivity index (χ1v) is 14.4. The Morgan fingerprint density at radius 3 is 2.05 bits per heavy atom. The molecule has 3 atom stereocenters. The highest BCUT2D eigenvalue weighted by Crippen LogP contribution is 2.35. The minimum absolute atomic E-state index is 0.0236. The summed E-state index contributed by atoms with van der Waals surface area (Å²) in [4.78, 5) is 13.5. The Labute approximate surface area is 219 Å². The molecule has 0 spiro atoms. The molecule has 1 unspecified atom stereocenters. The minimum atomic E-state index is -4.21. The van der Waals surface area contributed by atoms with E-state index in [9.17, 15) is 17.4 Å². The first kappa shape index (κ1) is 26.8. The lowest BCUT2D eigenvalue weighted by Gasteiger charge is -2.29. The van der Waals surface area contributed by atoms with Gasteiger partial charge in [-0.15, -0.1) is 0 Å². The number of methoxy groups -OCH3 is 2. The molecule has 9 heteroatoms. The number of hydrogen-bond donors (Lipinski definition) is 1. The van der Waals surface area contributed by atoms with Gasteiger partial charge >= 0.3 is 5.97 Å². The van der Waals surface area contributed by atoms with Crippen LogP contribution in [0.25, 0.3) is 21.5 Å². The van der Waals surface area contributed by atoms with Crippen molar-refractivity contribution in [2.24, 2.45) is 5.92 Å². The van der Waals surface area contributed by atoms with Crippen LogP contribution in [0.2, 0.25) is 0 Å². The van der Waals surface area contributed by atoms with Crippen molar-refractivity contribution in [3.8, 4) is 5.75 Å². The number of carbonyl (C=O) groups is 1. The van der Waals surface area contributed by atoms with E-state index in [1.165, 1.54) is 20.3 Å². The largest absolute Gasteiger partial charge is 0.495 e. The van der Waals surface area contributed by atoms with E-state index in [2.05, 4.69) is 4.72 Å². The summed E-state index contributed by atoms with van der Waals surface area (Å²) < 4.78 is 54.7. The van der Waals surface area contributed by atoms with Crippen LogP contribution < -0.4 is 9.46 Å². The predicted molar refractivity (Wildman–Crippen MR) is 146 cm³/mol. The van der Waals surface area contributed by atoms with Crippen molar-refractivity contribution in [3.63, 3.8) is 0 Å². The molecule has 0 heterocycles. The van der Waals surface area contributed by atoms with Crippen LogP contribution in [0.3, 0.4) is 0 Å². The second kappa shape index (κ2) is 11.0. The van der Waals surface area contributed by atoms with E-state index in [1.807, 2.05) is 48.5 Å². The van der Waals surface area contributed by atoms with Crippen LogP contribution in [0.1, 0.15) is 13.8 Å². The van der Waals surface area contributed by atoms with Gasteiger partial charge in [0.2, 0.25) is 10.0 Å². The van der Waals surface area contributed by atoms with E-state index in [1.54, 1.807) is 38.1 Å². The van der Waals surface area contributed by atoms with Gasteiger partial charge in [0.15, 0.2) is 0 Å². The quantitative estimate of drug-likeness (QED) is 0.311. The maximum Gasteiger partial charge on any atom is 0.325 e. The number of ether oxygens (including phenoxy) is 2. The number of hydrogen-bond acceptors (Lipinski definition) is 6. The Kier molecular flexibility index (Phi) is 7.96. The number of carbonyl (C=O) groups excluding carboxylic acids is 1. The third-order valence-electron chi connectivity index (χ3n) is 6.27. The lowest BCUT2D eigenvalue weighted by Crippen LogP contribution is -2.52. The van der Waals surface area contributed by atoms with Crippen molar-refractivity contribution < 1.29 is 26.9 Å². The van der Waals surface area contributed by atoms with Crippen molar-refractivity contribution in [1.29, 1.82) is 0 Å². The zero-order valence-electron chi connectivity index (χ0n) is 21.0. The third-order valence-corrected chi connectivity index (χ3v) is 9.91. The van der Waals surface area contributed by atoms with Crippen LogP contribution in [0.4, 0.5) is 0 Å². The van der Waals surface area contributed by atoms with E-state index in [-0.39, 0.29) is 10.8 Å². The monoisotopic (exact) mass is 539 g/mol. The van der Waals surface area contributed by atoms with Gasteiger partial charge in [-0.2, -0.15) is 4.72 Å². The van der Waals surface area contributed by atoms with Gasteiger partial charge in [-0.1, -0.05) is 80.6 Å². The molecule has 0 saturated carbocycles. The van der Waals surface area contributed by atoms with Gasteiger partial charge < -0.3 is 9.47 Å². The van der Waals surface area contributed by atoms with Gasteiger partial charge in [0.25, 0.3) is 0 Å². The van der Waals surface area contributed by atoms with Crippen molar-refractivity contribution in [1.82, 2.24) is 4.72 Å². The Bertz CT molecular complexity index is 1580. The number of rotatable bonds is 9.